The van der Waals surface area contributed by atoms with Gasteiger partial charge in [0.1, 0.15) is 5.82 Å². The van der Waals surface area contributed by atoms with E-state index >= 15 is 0 Å². The van der Waals surface area contributed by atoms with E-state index in [-0.39, 0.29) is 0 Å². The summed E-state index contributed by atoms with van der Waals surface area (Å²) >= 11 is 0. The van der Waals surface area contributed by atoms with Crippen LogP contribution in [0, 0.1) is 12.3 Å². The first-order valence-electron chi connectivity index (χ1n) is 11.6. The van der Waals surface area contributed by atoms with Gasteiger partial charge in [-0.3, -0.25) is 4.90 Å². The number of anilines is 1. The predicted octanol–water partition coefficient (Wildman–Crippen LogP) is 4.16. The summed E-state index contributed by atoms with van der Waals surface area (Å²) in [5.41, 5.74) is 4.08. The second-order valence-electron chi connectivity index (χ2n) is 9.56. The lowest BCUT2D eigenvalue weighted by atomic mass is 9.76. The largest absolute Gasteiger partial charge is 0.381 e. The summed E-state index contributed by atoms with van der Waals surface area (Å²) in [5, 5.41) is 1.25. The van der Waals surface area contributed by atoms with E-state index in [0.29, 0.717) is 11.5 Å². The maximum absolute atomic E-state index is 5.93. The summed E-state index contributed by atoms with van der Waals surface area (Å²) in [6.07, 6.45) is 6.85. The van der Waals surface area contributed by atoms with Crippen molar-refractivity contribution in [1.29, 1.82) is 0 Å². The van der Waals surface area contributed by atoms with Crippen LogP contribution in [0.1, 0.15) is 43.2 Å². The lowest BCUT2D eigenvalue weighted by molar-refractivity contribution is -0.0366. The van der Waals surface area contributed by atoms with Gasteiger partial charge < -0.3 is 14.4 Å². The number of hydrogen-bond donors (Lipinski definition) is 0. The Balaban J connectivity index is 1.45. The molecule has 0 N–H and O–H groups in total. The van der Waals surface area contributed by atoms with E-state index in [1.54, 1.807) is 0 Å². The third kappa shape index (κ3) is 3.83. The fraction of sp³-hybridized carbons (Fsp3) is 0.640. The number of nitrogens with zero attached hydrogens (tertiary/aromatic N) is 3. The minimum Gasteiger partial charge on any atom is -0.381 e. The van der Waals surface area contributed by atoms with Gasteiger partial charge in [0.2, 0.25) is 0 Å². The second kappa shape index (κ2) is 8.45. The fourth-order valence-electron chi connectivity index (χ4n) is 6.05. The van der Waals surface area contributed by atoms with Gasteiger partial charge in [-0.1, -0.05) is 18.6 Å². The van der Waals surface area contributed by atoms with E-state index in [9.17, 15) is 0 Å². The van der Waals surface area contributed by atoms with E-state index in [0.717, 1.165) is 50.7 Å². The van der Waals surface area contributed by atoms with Gasteiger partial charge in [0.25, 0.3) is 0 Å². The molecule has 162 valence electrons. The van der Waals surface area contributed by atoms with Crippen molar-refractivity contribution in [2.75, 3.05) is 51.4 Å². The molecule has 5 nitrogen and oxygen atoms in total. The lowest BCUT2D eigenvalue weighted by Gasteiger charge is -2.44. The Kier molecular flexibility index (Phi) is 5.69. The molecule has 3 heterocycles. The summed E-state index contributed by atoms with van der Waals surface area (Å²) in [5.74, 6) is 1.16. The van der Waals surface area contributed by atoms with Gasteiger partial charge in [0.15, 0.2) is 0 Å². The number of fused-ring (bicyclic) bond motifs is 1. The van der Waals surface area contributed by atoms with Gasteiger partial charge in [-0.25, -0.2) is 4.98 Å². The topological polar surface area (TPSA) is 37.8 Å². The number of benzene rings is 1. The Morgan fingerprint density at radius 2 is 1.97 bits per heavy atom. The highest BCUT2D eigenvalue weighted by molar-refractivity contribution is 5.82. The first-order chi connectivity index (χ1) is 14.7. The Morgan fingerprint density at radius 1 is 1.13 bits per heavy atom. The van der Waals surface area contributed by atoms with Crippen molar-refractivity contribution < 1.29 is 9.47 Å². The van der Waals surface area contributed by atoms with Crippen molar-refractivity contribution in [1.82, 2.24) is 9.88 Å². The molecule has 1 aromatic heterocycles. The Labute approximate surface area is 180 Å². The van der Waals surface area contributed by atoms with E-state index in [4.69, 9.17) is 14.5 Å². The number of ether oxygens (including phenoxy) is 2. The maximum Gasteiger partial charge on any atom is 0.133 e. The van der Waals surface area contributed by atoms with Gasteiger partial charge in [0.05, 0.1) is 24.8 Å². The summed E-state index contributed by atoms with van der Waals surface area (Å²) < 4.78 is 11.5. The van der Waals surface area contributed by atoms with Crippen molar-refractivity contribution in [2.45, 2.75) is 51.7 Å². The molecule has 2 saturated heterocycles. The highest BCUT2D eigenvalue weighted by Gasteiger charge is 2.45. The standard InChI is InChI=1S/C25H35N3O2/c1-19-6-7-20-16-21(24(26-22(20)15-19)28-11-13-30-14-12-28)17-27-10-4-9-25(18-27)8-3-5-23(25)29-2/h6-7,15-16,23H,3-5,8-14,17-18H2,1-2H3/t23-,25+/m1/s1. The summed E-state index contributed by atoms with van der Waals surface area (Å²) in [6, 6.07) is 9.01. The minimum atomic E-state index is 0.355. The molecular weight excluding hydrogens is 374 g/mol. The normalized spacial score (nSPS) is 27.9. The molecule has 3 aliphatic rings. The van der Waals surface area contributed by atoms with E-state index in [2.05, 4.69) is 41.0 Å². The molecule has 3 fully saturated rings. The zero-order chi connectivity index (χ0) is 20.6. The summed E-state index contributed by atoms with van der Waals surface area (Å²) in [4.78, 5) is 10.3. The summed E-state index contributed by atoms with van der Waals surface area (Å²) in [7, 11) is 1.91. The number of methoxy groups -OCH3 is 1. The number of likely N-dealkylation sites (tertiary alicyclic amines) is 1. The number of hydrogen-bond acceptors (Lipinski definition) is 5. The molecule has 5 rings (SSSR count). The average molecular weight is 410 g/mol. The number of aromatic nitrogens is 1. The molecule has 1 aromatic carbocycles. The van der Waals surface area contributed by atoms with Crippen molar-refractivity contribution in [2.24, 2.45) is 5.41 Å². The maximum atomic E-state index is 5.93. The Morgan fingerprint density at radius 3 is 2.80 bits per heavy atom. The smallest absolute Gasteiger partial charge is 0.133 e. The first-order valence-corrected chi connectivity index (χ1v) is 11.6. The molecule has 1 spiro atoms. The van der Waals surface area contributed by atoms with Crippen LogP contribution in [0.2, 0.25) is 0 Å². The van der Waals surface area contributed by atoms with Gasteiger partial charge in [-0.2, -0.15) is 0 Å². The van der Waals surface area contributed by atoms with Gasteiger partial charge in [-0.05, 0) is 56.8 Å². The molecule has 1 aliphatic carbocycles. The predicted molar refractivity (Wildman–Crippen MR) is 121 cm³/mol. The quantitative estimate of drug-likeness (QED) is 0.758. The number of morpholine rings is 1. The summed E-state index contributed by atoms with van der Waals surface area (Å²) in [6.45, 7) is 8.86. The van der Waals surface area contributed by atoms with E-state index < -0.39 is 0 Å². The molecule has 30 heavy (non-hydrogen) atoms. The number of piperidine rings is 1. The number of aryl methyl sites for hydroxylation is 1. The van der Waals surface area contributed by atoms with Gasteiger partial charge in [-0.15, -0.1) is 0 Å². The zero-order valence-corrected chi connectivity index (χ0v) is 18.5. The van der Waals surface area contributed by atoms with Crippen LogP contribution in [-0.4, -0.2) is 62.5 Å². The minimum absolute atomic E-state index is 0.355. The fourth-order valence-corrected chi connectivity index (χ4v) is 6.05. The van der Waals surface area contributed by atoms with Gasteiger partial charge >= 0.3 is 0 Å². The van der Waals surface area contributed by atoms with Gasteiger partial charge in [0, 0.05) is 49.7 Å². The van der Waals surface area contributed by atoms with Crippen molar-refractivity contribution in [3.8, 4) is 0 Å². The molecule has 2 aromatic rings. The molecule has 2 aliphatic heterocycles. The molecule has 0 radical (unpaired) electrons. The van der Waals surface area contributed by atoms with E-state index in [1.165, 1.54) is 55.2 Å². The SMILES string of the molecule is CO[C@@H]1CCC[C@@]12CCCN(Cc1cc3ccc(C)cc3nc1N1CCOCC1)C2. The van der Waals surface area contributed by atoms with Crippen LogP contribution in [0.25, 0.3) is 10.9 Å². The van der Waals surface area contributed by atoms with Crippen LogP contribution in [0.15, 0.2) is 24.3 Å². The lowest BCUT2D eigenvalue weighted by Crippen LogP contribution is -2.47. The van der Waals surface area contributed by atoms with Crippen LogP contribution in [0.3, 0.4) is 0 Å². The highest BCUT2D eigenvalue weighted by atomic mass is 16.5. The van der Waals surface area contributed by atoms with Crippen molar-refractivity contribution in [3.63, 3.8) is 0 Å². The molecule has 0 bridgehead atoms. The molecule has 0 unspecified atom stereocenters. The molecular formula is C25H35N3O2. The molecule has 2 atom stereocenters. The van der Waals surface area contributed by atoms with Crippen LogP contribution < -0.4 is 4.90 Å². The molecule has 0 amide bonds. The van der Waals surface area contributed by atoms with Crippen LogP contribution >= 0.6 is 0 Å². The third-order valence-corrected chi connectivity index (χ3v) is 7.53. The van der Waals surface area contributed by atoms with Crippen LogP contribution in [0.4, 0.5) is 5.82 Å². The second-order valence-corrected chi connectivity index (χ2v) is 9.56. The first kappa shape index (κ1) is 20.2. The molecule has 1 saturated carbocycles. The third-order valence-electron chi connectivity index (χ3n) is 7.53. The number of rotatable bonds is 4. The van der Waals surface area contributed by atoms with Crippen LogP contribution in [0.5, 0.6) is 0 Å². The number of pyridine rings is 1. The monoisotopic (exact) mass is 409 g/mol. The average Bonchev–Trinajstić information content (AvgIpc) is 3.15. The Bertz CT molecular complexity index is 895. The van der Waals surface area contributed by atoms with Crippen molar-refractivity contribution >= 4 is 16.7 Å². The Hall–Kier alpha value is -1.69. The van der Waals surface area contributed by atoms with E-state index in [1.807, 2.05) is 7.11 Å². The van der Waals surface area contributed by atoms with Crippen LogP contribution in [-0.2, 0) is 16.0 Å². The zero-order valence-electron chi connectivity index (χ0n) is 18.5. The molecule has 5 heteroatoms. The van der Waals surface area contributed by atoms with Crippen molar-refractivity contribution in [3.05, 3.63) is 35.4 Å². The highest BCUT2D eigenvalue weighted by Crippen LogP contribution is 2.46.